The summed E-state index contributed by atoms with van der Waals surface area (Å²) in [7, 11) is 0. The molecule has 0 radical (unpaired) electrons. The molecule has 4 unspecified atom stereocenters. The number of nitrogens with zero attached hydrogens (tertiary/aromatic N) is 4. The highest BCUT2D eigenvalue weighted by Gasteiger charge is 2.37. The third kappa shape index (κ3) is 9.49. The molecule has 0 spiro atoms. The predicted molar refractivity (Wildman–Crippen MR) is 236 cm³/mol. The highest BCUT2D eigenvalue weighted by molar-refractivity contribution is 6.35. The summed E-state index contributed by atoms with van der Waals surface area (Å²) in [6, 6.07) is 16.8. The van der Waals surface area contributed by atoms with Crippen LogP contribution in [0.3, 0.4) is 0 Å². The molecule has 62 heavy (non-hydrogen) atoms. The minimum Gasteiger partial charge on any atom is -0.436 e. The van der Waals surface area contributed by atoms with Crippen LogP contribution in [-0.4, -0.2) is 65.7 Å². The zero-order chi connectivity index (χ0) is 43.7. The Hall–Kier alpha value is -6.55. The van der Waals surface area contributed by atoms with E-state index < -0.39 is 36.2 Å². The average Bonchev–Trinajstić information content (AvgIpc) is 4.00. The molecule has 2 saturated heterocycles. The van der Waals surface area contributed by atoms with E-state index in [4.69, 9.17) is 21.1 Å². The number of aromatic amines is 2. The summed E-state index contributed by atoms with van der Waals surface area (Å²) < 4.78 is 13.8. The van der Waals surface area contributed by atoms with Gasteiger partial charge in [-0.15, -0.1) is 0 Å². The summed E-state index contributed by atoms with van der Waals surface area (Å²) >= 11 is 6.44. The zero-order valence-corrected chi connectivity index (χ0v) is 35.3. The lowest BCUT2D eigenvalue weighted by Gasteiger charge is -2.22. The van der Waals surface area contributed by atoms with Crippen molar-refractivity contribution >= 4 is 57.4 Å². The predicted octanol–water partition coefficient (Wildman–Crippen LogP) is 7.64. The third-order valence-electron chi connectivity index (χ3n) is 11.2. The first kappa shape index (κ1) is 45.0. The molecule has 8 rings (SSSR count). The molecule has 17 heteroatoms. The van der Waals surface area contributed by atoms with Gasteiger partial charge in [0, 0.05) is 82.7 Å². The summed E-state index contributed by atoms with van der Waals surface area (Å²) in [6.07, 6.45) is 1.13. The Morgan fingerprint density at radius 2 is 1.13 bits per heavy atom. The number of hydrogen-bond acceptors (Lipinski definition) is 10. The number of cyclic esters (lactones) is 2. The average molecular weight is 867 g/mol. The first-order valence-corrected chi connectivity index (χ1v) is 20.6. The van der Waals surface area contributed by atoms with Crippen LogP contribution in [0.2, 0.25) is 5.02 Å². The Balaban J connectivity index is 0.000000204. The number of pyridine rings is 2. The number of aromatic nitrogens is 6. The van der Waals surface area contributed by atoms with Crippen LogP contribution in [0.1, 0.15) is 84.8 Å². The Morgan fingerprint density at radius 1 is 0.645 bits per heavy atom. The summed E-state index contributed by atoms with van der Waals surface area (Å²) in [5.74, 6) is -1.28. The molecule has 6 heterocycles. The van der Waals surface area contributed by atoms with Crippen molar-refractivity contribution in [3.63, 3.8) is 0 Å². The number of rotatable bonds is 12. The van der Waals surface area contributed by atoms with Gasteiger partial charge in [-0.05, 0) is 67.9 Å². The lowest BCUT2D eigenvalue weighted by atomic mass is 9.84. The number of alkyl carbamates (subject to hydrolysis) is 2. The monoisotopic (exact) mass is 866 g/mol. The van der Waals surface area contributed by atoms with Crippen molar-refractivity contribution in [1.82, 2.24) is 40.2 Å². The van der Waals surface area contributed by atoms with Crippen LogP contribution in [0.4, 0.5) is 9.59 Å². The number of nitrogens with one attached hydrogen (secondary N) is 4. The molecular weight excluding hydrogens is 816 g/mol. The van der Waals surface area contributed by atoms with Crippen LogP contribution in [0, 0.1) is 11.8 Å². The van der Waals surface area contributed by atoms with Crippen molar-refractivity contribution in [3.05, 3.63) is 104 Å². The topological polar surface area (TPSA) is 212 Å². The van der Waals surface area contributed by atoms with Gasteiger partial charge in [0.2, 0.25) is 0 Å². The maximum Gasteiger partial charge on any atom is 0.414 e. The highest BCUT2D eigenvalue weighted by Crippen LogP contribution is 2.33. The minimum atomic E-state index is -0.895. The van der Waals surface area contributed by atoms with E-state index in [1.807, 2.05) is 99.7 Å². The number of amides is 4. The van der Waals surface area contributed by atoms with E-state index in [2.05, 4.69) is 30.8 Å². The van der Waals surface area contributed by atoms with Crippen LogP contribution in [-0.2, 0) is 32.2 Å². The SMILES string of the molecule is C.CCn1cc2c(Cl)cc(-c3ccc(C(CC4OC(=O)NC4=O)C(C)C)c(=O)[nH]3)cc2n1.CCn1cc2ccc(-c3ccc(C(CC4OC(=O)NC4=O)C(C)C)c(=O)[nH]3)cc2n1. The van der Waals surface area contributed by atoms with E-state index >= 15 is 0 Å². The fourth-order valence-electron chi connectivity index (χ4n) is 7.81. The third-order valence-corrected chi connectivity index (χ3v) is 11.5. The quantitative estimate of drug-likeness (QED) is 0.0944. The molecule has 6 aromatic rings. The fraction of sp³-hybridized carbons (Fsp3) is 0.378. The first-order valence-electron chi connectivity index (χ1n) is 20.3. The minimum absolute atomic E-state index is 0. The molecule has 4 amide bonds. The largest absolute Gasteiger partial charge is 0.436 e. The molecule has 0 aliphatic carbocycles. The Bertz CT molecular complexity index is 2790. The fourth-order valence-corrected chi connectivity index (χ4v) is 8.07. The number of H-pyrrole nitrogens is 2. The van der Waals surface area contributed by atoms with Gasteiger partial charge in [0.05, 0.1) is 16.1 Å². The van der Waals surface area contributed by atoms with E-state index in [0.29, 0.717) is 27.5 Å². The van der Waals surface area contributed by atoms with Crippen molar-refractivity contribution in [1.29, 1.82) is 0 Å². The molecule has 2 aliphatic heterocycles. The molecule has 2 aliphatic rings. The first-order chi connectivity index (χ1) is 29.1. The molecule has 16 nitrogen and oxygen atoms in total. The van der Waals surface area contributed by atoms with Gasteiger partial charge in [0.25, 0.3) is 22.9 Å². The molecular formula is C45H51ClN8O8. The second-order valence-corrected chi connectivity index (χ2v) is 16.3. The lowest BCUT2D eigenvalue weighted by Crippen LogP contribution is -2.29. The Morgan fingerprint density at radius 3 is 1.60 bits per heavy atom. The van der Waals surface area contributed by atoms with E-state index in [0.717, 1.165) is 46.0 Å². The second kappa shape index (κ2) is 18.6. The van der Waals surface area contributed by atoms with Gasteiger partial charge in [0.1, 0.15) is 0 Å². The van der Waals surface area contributed by atoms with Crippen molar-refractivity contribution in [2.45, 2.75) is 98.9 Å². The van der Waals surface area contributed by atoms with Gasteiger partial charge in [-0.3, -0.25) is 39.2 Å². The Labute approximate surface area is 362 Å². The van der Waals surface area contributed by atoms with Gasteiger partial charge in [-0.25, -0.2) is 9.59 Å². The van der Waals surface area contributed by atoms with Crippen LogP contribution in [0.5, 0.6) is 0 Å². The maximum absolute atomic E-state index is 13.0. The van der Waals surface area contributed by atoms with Crippen LogP contribution in [0.15, 0.2) is 76.6 Å². The second-order valence-electron chi connectivity index (χ2n) is 15.9. The number of benzene rings is 2. The standard InChI is InChI=1S/C22H23ClN4O4.C22H24N4O4.CH4/c1-4-27-10-15-16(23)7-12(8-18(15)26-27)17-6-5-13(20(28)24-17)14(11(2)3)9-19-21(29)25-22(30)31-19;1-4-26-11-14-6-5-13(9-18(14)25-26)17-8-7-15(20(27)23-17)16(12(2)3)10-19-21(28)24-22(29)30-19;/h5-8,10-11,14,19H,4,9H2,1-3H3,(H,24,28)(H,25,29,30);5-9,11-12,16,19H,4,10H2,1-3H3,(H,23,27)(H,24,28,29);1H4. The number of fused-ring (bicyclic) bond motifs is 2. The van der Waals surface area contributed by atoms with Gasteiger partial charge in [-0.2, -0.15) is 10.2 Å². The molecule has 2 fully saturated rings. The number of imide groups is 2. The van der Waals surface area contributed by atoms with E-state index in [-0.39, 0.29) is 55.1 Å². The number of halogens is 1. The highest BCUT2D eigenvalue weighted by atomic mass is 35.5. The zero-order valence-electron chi connectivity index (χ0n) is 34.6. The number of hydrogen-bond donors (Lipinski definition) is 4. The maximum atomic E-state index is 13.0. The van der Waals surface area contributed by atoms with Crippen molar-refractivity contribution in [2.75, 3.05) is 0 Å². The smallest absolute Gasteiger partial charge is 0.414 e. The number of carbonyl (C=O) groups excluding carboxylic acids is 4. The molecule has 4 atom stereocenters. The van der Waals surface area contributed by atoms with Gasteiger partial charge < -0.3 is 19.4 Å². The summed E-state index contributed by atoms with van der Waals surface area (Å²) in [5.41, 5.74) is 5.21. The molecule has 0 saturated carbocycles. The van der Waals surface area contributed by atoms with Crippen molar-refractivity contribution < 1.29 is 28.7 Å². The Kier molecular flexibility index (Phi) is 13.5. The molecule has 0 bridgehead atoms. The molecule has 4 aromatic heterocycles. The summed E-state index contributed by atoms with van der Waals surface area (Å²) in [5, 5.41) is 15.8. The van der Waals surface area contributed by atoms with E-state index in [9.17, 15) is 28.8 Å². The van der Waals surface area contributed by atoms with Crippen LogP contribution >= 0.6 is 11.6 Å². The molecule has 2 aromatic carbocycles. The van der Waals surface area contributed by atoms with E-state index in [1.165, 1.54) is 0 Å². The van der Waals surface area contributed by atoms with Crippen LogP contribution in [0.25, 0.3) is 44.3 Å². The van der Waals surface area contributed by atoms with E-state index in [1.54, 1.807) is 18.2 Å². The van der Waals surface area contributed by atoms with Gasteiger partial charge in [0.15, 0.2) is 12.2 Å². The lowest BCUT2D eigenvalue weighted by molar-refractivity contribution is -0.124. The normalized spacial score (nSPS) is 17.0. The number of aryl methyl sites for hydroxylation is 2. The van der Waals surface area contributed by atoms with Crippen molar-refractivity contribution in [3.8, 4) is 22.5 Å². The summed E-state index contributed by atoms with van der Waals surface area (Å²) in [4.78, 5) is 78.2. The van der Waals surface area contributed by atoms with Crippen LogP contribution < -0.4 is 21.8 Å². The van der Waals surface area contributed by atoms with Crippen molar-refractivity contribution in [2.24, 2.45) is 11.8 Å². The number of carbonyl (C=O) groups is 4. The summed E-state index contributed by atoms with van der Waals surface area (Å²) in [6.45, 7) is 13.4. The van der Waals surface area contributed by atoms with Gasteiger partial charge >= 0.3 is 12.2 Å². The number of ether oxygens (including phenoxy) is 2. The van der Waals surface area contributed by atoms with Gasteiger partial charge in [-0.1, -0.05) is 71.0 Å². The molecule has 326 valence electrons. The molecule has 4 N–H and O–H groups in total.